The molecule has 0 aliphatic carbocycles. The number of nitrogens with one attached hydrogen (secondary N) is 2. The van der Waals surface area contributed by atoms with Crippen molar-refractivity contribution in [3.05, 3.63) is 40.4 Å². The van der Waals surface area contributed by atoms with E-state index in [4.69, 9.17) is 16.3 Å². The third-order valence-electron chi connectivity index (χ3n) is 3.94. The molecule has 7 nitrogen and oxygen atoms in total. The molecule has 1 aromatic carbocycles. The monoisotopic (exact) mass is 349 g/mol. The summed E-state index contributed by atoms with van der Waals surface area (Å²) >= 11 is 6.22. The zero-order chi connectivity index (χ0) is 17.1. The predicted octanol–water partition coefficient (Wildman–Crippen LogP) is 3.04. The summed E-state index contributed by atoms with van der Waals surface area (Å²) in [6, 6.07) is 5.03. The van der Waals surface area contributed by atoms with Crippen molar-refractivity contribution in [2.24, 2.45) is 0 Å². The molecule has 0 fully saturated rings. The van der Waals surface area contributed by atoms with Gasteiger partial charge in [0.2, 0.25) is 0 Å². The molecule has 0 radical (unpaired) electrons. The Morgan fingerprint density at radius 2 is 2.33 bits per heavy atom. The molecule has 2 heterocycles. The number of rotatable bonds is 4. The number of amides is 2. The van der Waals surface area contributed by atoms with Crippen molar-refractivity contribution in [3.8, 4) is 0 Å². The number of halogens is 1. The maximum absolute atomic E-state index is 12.3. The summed E-state index contributed by atoms with van der Waals surface area (Å²) in [5.74, 6) is 1.39. The highest BCUT2D eigenvalue weighted by Gasteiger charge is 2.26. The molecular formula is C16H20ClN5O2. The first-order valence-electron chi connectivity index (χ1n) is 7.83. The van der Waals surface area contributed by atoms with Crippen molar-refractivity contribution in [1.29, 1.82) is 0 Å². The van der Waals surface area contributed by atoms with E-state index in [9.17, 15) is 4.79 Å². The number of carbonyl (C=O) groups excluding carboxylic acids is 1. The summed E-state index contributed by atoms with van der Waals surface area (Å²) in [5.41, 5.74) is 1.50. The van der Waals surface area contributed by atoms with Gasteiger partial charge in [-0.05, 0) is 31.4 Å². The molecule has 1 aliphatic rings. The van der Waals surface area contributed by atoms with Crippen LogP contribution in [-0.4, -0.2) is 27.9 Å². The molecule has 1 aliphatic heterocycles. The van der Waals surface area contributed by atoms with E-state index in [2.05, 4.69) is 20.7 Å². The van der Waals surface area contributed by atoms with E-state index < -0.39 is 0 Å². The van der Waals surface area contributed by atoms with Crippen LogP contribution < -0.4 is 10.6 Å². The highest BCUT2D eigenvalue weighted by atomic mass is 35.5. The van der Waals surface area contributed by atoms with E-state index in [1.165, 1.54) is 0 Å². The topological polar surface area (TPSA) is 81.1 Å². The highest BCUT2D eigenvalue weighted by molar-refractivity contribution is 6.34. The van der Waals surface area contributed by atoms with Gasteiger partial charge in [-0.2, -0.15) is 5.10 Å². The van der Waals surface area contributed by atoms with Crippen LogP contribution in [0.2, 0.25) is 5.02 Å². The minimum Gasteiger partial charge on any atom is -0.377 e. The fourth-order valence-electron chi connectivity index (χ4n) is 2.79. The number of aryl methyl sites for hydroxylation is 2. The second-order valence-electron chi connectivity index (χ2n) is 5.77. The van der Waals surface area contributed by atoms with Gasteiger partial charge in [0.15, 0.2) is 5.82 Å². The van der Waals surface area contributed by atoms with Gasteiger partial charge in [0.1, 0.15) is 12.4 Å². The van der Waals surface area contributed by atoms with Crippen molar-refractivity contribution in [1.82, 2.24) is 20.1 Å². The van der Waals surface area contributed by atoms with Gasteiger partial charge in [0.25, 0.3) is 0 Å². The molecule has 8 heteroatoms. The number of benzene rings is 1. The molecule has 0 saturated heterocycles. The van der Waals surface area contributed by atoms with E-state index in [-0.39, 0.29) is 12.1 Å². The summed E-state index contributed by atoms with van der Waals surface area (Å²) in [6.07, 6.45) is 1.75. The van der Waals surface area contributed by atoms with Gasteiger partial charge in [-0.25, -0.2) is 14.5 Å². The molecular weight excluding hydrogens is 330 g/mol. The number of aromatic nitrogens is 3. The van der Waals surface area contributed by atoms with Gasteiger partial charge >= 0.3 is 6.03 Å². The lowest BCUT2D eigenvalue weighted by Crippen LogP contribution is -2.36. The minimum absolute atomic E-state index is 0.180. The Bertz CT molecular complexity index is 746. The lowest BCUT2D eigenvalue weighted by molar-refractivity contribution is 0.177. The molecule has 0 bridgehead atoms. The van der Waals surface area contributed by atoms with Crippen LogP contribution in [0.1, 0.15) is 36.1 Å². The minimum atomic E-state index is -0.308. The lowest BCUT2D eigenvalue weighted by atomic mass is 10.1. The Hall–Kier alpha value is -2.12. The Morgan fingerprint density at radius 1 is 1.50 bits per heavy atom. The molecule has 2 N–H and O–H groups in total. The normalized spacial score (nSPS) is 16.5. The van der Waals surface area contributed by atoms with Crippen LogP contribution in [0.5, 0.6) is 0 Å². The van der Waals surface area contributed by atoms with E-state index >= 15 is 0 Å². The summed E-state index contributed by atoms with van der Waals surface area (Å²) < 4.78 is 6.91. The molecule has 0 unspecified atom stereocenters. The van der Waals surface area contributed by atoms with Gasteiger partial charge < -0.3 is 15.4 Å². The number of carbonyl (C=O) groups is 1. The summed E-state index contributed by atoms with van der Waals surface area (Å²) in [6.45, 7) is 3.06. The average Bonchev–Trinajstić information content (AvgIpc) is 2.96. The van der Waals surface area contributed by atoms with E-state index in [0.717, 1.165) is 30.8 Å². The van der Waals surface area contributed by atoms with Crippen LogP contribution in [0, 0.1) is 6.92 Å². The zero-order valence-electron chi connectivity index (χ0n) is 13.7. The van der Waals surface area contributed by atoms with E-state index in [1.54, 1.807) is 13.2 Å². The number of hydrogen-bond acceptors (Lipinski definition) is 4. The Kier molecular flexibility index (Phi) is 5.01. The fourth-order valence-corrected chi connectivity index (χ4v) is 2.96. The molecule has 24 heavy (non-hydrogen) atoms. The maximum atomic E-state index is 12.3. The third kappa shape index (κ3) is 3.52. The van der Waals surface area contributed by atoms with Crippen LogP contribution in [0.3, 0.4) is 0 Å². The molecule has 0 spiro atoms. The second-order valence-corrected chi connectivity index (χ2v) is 6.15. The maximum Gasteiger partial charge on any atom is 0.319 e. The van der Waals surface area contributed by atoms with Crippen molar-refractivity contribution >= 4 is 23.3 Å². The van der Waals surface area contributed by atoms with Crippen LogP contribution in [-0.2, 0) is 17.9 Å². The number of hydrogen-bond donors (Lipinski definition) is 2. The number of nitrogens with zero attached hydrogens (tertiary/aromatic N) is 3. The quantitative estimate of drug-likeness (QED) is 0.889. The van der Waals surface area contributed by atoms with Crippen molar-refractivity contribution in [3.63, 3.8) is 0 Å². The number of anilines is 1. The van der Waals surface area contributed by atoms with Gasteiger partial charge in [-0.15, -0.1) is 0 Å². The molecule has 1 atom stereocenters. The van der Waals surface area contributed by atoms with E-state index in [0.29, 0.717) is 23.1 Å². The number of ether oxygens (including phenoxy) is 1. The molecule has 3 rings (SSSR count). The van der Waals surface area contributed by atoms with Crippen LogP contribution in [0.15, 0.2) is 18.2 Å². The van der Waals surface area contributed by atoms with Crippen molar-refractivity contribution < 1.29 is 9.53 Å². The van der Waals surface area contributed by atoms with Crippen LogP contribution in [0.25, 0.3) is 0 Å². The first-order chi connectivity index (χ1) is 11.6. The molecule has 128 valence electrons. The van der Waals surface area contributed by atoms with Crippen LogP contribution >= 0.6 is 11.6 Å². The Balaban J connectivity index is 1.70. The third-order valence-corrected chi connectivity index (χ3v) is 4.44. The molecule has 2 aromatic rings. The SMILES string of the molecule is COCc1nc2n(n1)CCC[C@H]2NC(=O)Nc1cccc(C)c1Cl. The second kappa shape index (κ2) is 7.19. The molecule has 1 aromatic heterocycles. The zero-order valence-corrected chi connectivity index (χ0v) is 14.4. The van der Waals surface area contributed by atoms with Crippen molar-refractivity contribution in [2.45, 2.75) is 39.0 Å². The number of urea groups is 1. The lowest BCUT2D eigenvalue weighted by Gasteiger charge is -2.23. The Morgan fingerprint density at radius 3 is 3.12 bits per heavy atom. The van der Waals surface area contributed by atoms with Gasteiger partial charge in [0, 0.05) is 13.7 Å². The molecule has 0 saturated carbocycles. The molecule has 2 amide bonds. The number of fused-ring (bicyclic) bond motifs is 1. The van der Waals surface area contributed by atoms with Crippen molar-refractivity contribution in [2.75, 3.05) is 12.4 Å². The fraction of sp³-hybridized carbons (Fsp3) is 0.438. The van der Waals surface area contributed by atoms with Gasteiger partial charge in [-0.3, -0.25) is 0 Å². The first kappa shape index (κ1) is 16.7. The smallest absolute Gasteiger partial charge is 0.319 e. The summed E-state index contributed by atoms with van der Waals surface area (Å²) in [5, 5.41) is 10.7. The average molecular weight is 350 g/mol. The number of methoxy groups -OCH3 is 1. The largest absolute Gasteiger partial charge is 0.377 e. The van der Waals surface area contributed by atoms with Gasteiger partial charge in [0.05, 0.1) is 16.8 Å². The Labute approximate surface area is 145 Å². The van der Waals surface area contributed by atoms with Crippen LogP contribution in [0.4, 0.5) is 10.5 Å². The standard InChI is InChI=1S/C16H20ClN5O2/c1-10-5-3-6-11(14(10)17)18-16(23)19-12-7-4-8-22-15(12)20-13(21-22)9-24-2/h3,5-6,12H,4,7-9H2,1-2H3,(H2,18,19,23)/t12-/m1/s1. The van der Waals surface area contributed by atoms with E-state index in [1.807, 2.05) is 23.7 Å². The highest BCUT2D eigenvalue weighted by Crippen LogP contribution is 2.26. The summed E-state index contributed by atoms with van der Waals surface area (Å²) in [7, 11) is 1.61. The predicted molar refractivity (Wildman–Crippen MR) is 91.1 cm³/mol. The first-order valence-corrected chi connectivity index (χ1v) is 8.21. The van der Waals surface area contributed by atoms with Gasteiger partial charge in [-0.1, -0.05) is 23.7 Å². The summed E-state index contributed by atoms with van der Waals surface area (Å²) in [4.78, 5) is 16.8.